The summed E-state index contributed by atoms with van der Waals surface area (Å²) in [4.78, 5) is 11.4. The lowest BCUT2D eigenvalue weighted by atomic mass is 10.2. The molecule has 0 radical (unpaired) electrons. The highest BCUT2D eigenvalue weighted by Crippen LogP contribution is 2.03. The van der Waals surface area contributed by atoms with E-state index in [0.717, 1.165) is 5.56 Å². The Morgan fingerprint density at radius 1 is 1.44 bits per heavy atom. The molecule has 1 aromatic rings. The summed E-state index contributed by atoms with van der Waals surface area (Å²) in [6.45, 7) is 1.78. The molecule has 1 aromatic carbocycles. The monoisotopic (exact) mass is 252 g/mol. The van der Waals surface area contributed by atoms with Gasteiger partial charge in [0.1, 0.15) is 5.82 Å². The summed E-state index contributed by atoms with van der Waals surface area (Å²) in [5, 5.41) is 14.0. The summed E-state index contributed by atoms with van der Waals surface area (Å²) >= 11 is 0. The summed E-state index contributed by atoms with van der Waals surface area (Å²) in [5.41, 5.74) is 0.783. The number of hydrogen-bond donors (Lipinski definition) is 3. The molecule has 0 aliphatic carbocycles. The van der Waals surface area contributed by atoms with Crippen LogP contribution in [0.4, 0.5) is 9.18 Å². The van der Waals surface area contributed by atoms with Crippen molar-refractivity contribution in [3.8, 4) is 0 Å². The fourth-order valence-corrected chi connectivity index (χ4v) is 1.29. The Morgan fingerprint density at radius 3 is 2.67 bits per heavy atom. The highest BCUT2D eigenvalue weighted by Gasteiger charge is 2.06. The van der Waals surface area contributed by atoms with Crippen LogP contribution in [0.5, 0.6) is 0 Å². The quantitative estimate of drug-likeness (QED) is 0.749. The molecule has 0 aromatic heterocycles. The van der Waals surface area contributed by atoms with Crippen LogP contribution in [0.3, 0.4) is 0 Å². The first-order valence-electron chi connectivity index (χ1n) is 5.75. The minimum absolute atomic E-state index is 0.0917. The van der Waals surface area contributed by atoms with Gasteiger partial charge in [0.2, 0.25) is 0 Å². The molecule has 1 atom stereocenters. The van der Waals surface area contributed by atoms with E-state index in [1.165, 1.54) is 18.3 Å². The lowest BCUT2D eigenvalue weighted by molar-refractivity contribution is 0.217. The molecule has 0 bridgehead atoms. The topological polar surface area (TPSA) is 61.4 Å². The SMILES string of the molecule is CCC(CO)NC(=O)N/C=C/c1ccc(F)cc1. The van der Waals surface area contributed by atoms with Crippen LogP contribution in [0, 0.1) is 5.82 Å². The number of carbonyl (C=O) groups excluding carboxylic acids is 1. The Bertz CT molecular complexity index is 400. The molecule has 0 aliphatic rings. The van der Waals surface area contributed by atoms with Gasteiger partial charge >= 0.3 is 6.03 Å². The fraction of sp³-hybridized carbons (Fsp3) is 0.308. The van der Waals surface area contributed by atoms with Crippen LogP contribution >= 0.6 is 0 Å². The Hall–Kier alpha value is -1.88. The number of amides is 2. The predicted octanol–water partition coefficient (Wildman–Crippen LogP) is 1.87. The van der Waals surface area contributed by atoms with E-state index >= 15 is 0 Å². The van der Waals surface area contributed by atoms with Crippen LogP contribution in [-0.2, 0) is 0 Å². The van der Waals surface area contributed by atoms with Crippen LogP contribution in [-0.4, -0.2) is 23.8 Å². The van der Waals surface area contributed by atoms with E-state index in [9.17, 15) is 9.18 Å². The second kappa shape index (κ2) is 7.45. The zero-order valence-corrected chi connectivity index (χ0v) is 10.2. The number of halogens is 1. The van der Waals surface area contributed by atoms with Gasteiger partial charge in [0, 0.05) is 6.20 Å². The Kier molecular flexibility index (Phi) is 5.87. The molecule has 4 nitrogen and oxygen atoms in total. The minimum atomic E-state index is -0.380. The van der Waals surface area contributed by atoms with Gasteiger partial charge in [-0.25, -0.2) is 9.18 Å². The molecule has 0 heterocycles. The van der Waals surface area contributed by atoms with Crippen molar-refractivity contribution in [2.24, 2.45) is 0 Å². The third kappa shape index (κ3) is 4.97. The van der Waals surface area contributed by atoms with Crippen molar-refractivity contribution in [2.45, 2.75) is 19.4 Å². The first kappa shape index (κ1) is 14.2. The number of urea groups is 1. The molecule has 5 heteroatoms. The van der Waals surface area contributed by atoms with E-state index in [0.29, 0.717) is 6.42 Å². The smallest absolute Gasteiger partial charge is 0.319 e. The number of hydrogen-bond acceptors (Lipinski definition) is 2. The van der Waals surface area contributed by atoms with Crippen molar-refractivity contribution in [1.29, 1.82) is 0 Å². The molecule has 98 valence electrons. The maximum Gasteiger partial charge on any atom is 0.319 e. The highest BCUT2D eigenvalue weighted by atomic mass is 19.1. The lowest BCUT2D eigenvalue weighted by Crippen LogP contribution is -2.41. The zero-order chi connectivity index (χ0) is 13.4. The van der Waals surface area contributed by atoms with E-state index in [1.807, 2.05) is 6.92 Å². The third-order valence-electron chi connectivity index (χ3n) is 2.41. The van der Waals surface area contributed by atoms with Gasteiger partial charge in [-0.05, 0) is 30.2 Å². The summed E-state index contributed by atoms with van der Waals surface area (Å²) in [7, 11) is 0. The Balaban J connectivity index is 2.40. The zero-order valence-electron chi connectivity index (χ0n) is 10.2. The van der Waals surface area contributed by atoms with E-state index in [-0.39, 0.29) is 24.5 Å². The van der Waals surface area contributed by atoms with Gasteiger partial charge in [-0.1, -0.05) is 19.1 Å². The molecule has 1 rings (SSSR count). The molecular formula is C13H17FN2O2. The molecule has 0 saturated carbocycles. The summed E-state index contributed by atoms with van der Waals surface area (Å²) in [5.74, 6) is -0.299. The summed E-state index contributed by atoms with van der Waals surface area (Å²) in [6.07, 6.45) is 3.77. The summed E-state index contributed by atoms with van der Waals surface area (Å²) in [6, 6.07) is 5.28. The number of nitrogens with one attached hydrogen (secondary N) is 2. The van der Waals surface area contributed by atoms with Crippen molar-refractivity contribution in [2.75, 3.05) is 6.61 Å². The molecule has 2 amide bonds. The number of aliphatic hydroxyl groups is 1. The molecule has 0 saturated heterocycles. The van der Waals surface area contributed by atoms with Gasteiger partial charge in [0.05, 0.1) is 12.6 Å². The molecule has 0 aliphatic heterocycles. The normalized spacial score (nSPS) is 12.4. The Labute approximate surface area is 106 Å². The van der Waals surface area contributed by atoms with E-state index in [4.69, 9.17) is 5.11 Å². The lowest BCUT2D eigenvalue weighted by Gasteiger charge is -2.13. The fourth-order valence-electron chi connectivity index (χ4n) is 1.29. The molecule has 18 heavy (non-hydrogen) atoms. The van der Waals surface area contributed by atoms with Gasteiger partial charge < -0.3 is 15.7 Å². The van der Waals surface area contributed by atoms with Gasteiger partial charge in [0.15, 0.2) is 0 Å². The van der Waals surface area contributed by atoms with Crippen LogP contribution in [0.25, 0.3) is 6.08 Å². The molecule has 0 spiro atoms. The van der Waals surface area contributed by atoms with Crippen molar-refractivity contribution in [1.82, 2.24) is 10.6 Å². The molecule has 3 N–H and O–H groups in total. The van der Waals surface area contributed by atoms with Crippen LogP contribution in [0.1, 0.15) is 18.9 Å². The standard InChI is InChI=1S/C13H17FN2O2/c1-2-12(9-17)16-13(18)15-8-7-10-3-5-11(14)6-4-10/h3-8,12,17H,2,9H2,1H3,(H2,15,16,18)/b8-7+. The van der Waals surface area contributed by atoms with Crippen LogP contribution in [0.15, 0.2) is 30.5 Å². The van der Waals surface area contributed by atoms with Crippen molar-refractivity contribution < 1.29 is 14.3 Å². The number of benzene rings is 1. The van der Waals surface area contributed by atoms with E-state index in [1.54, 1.807) is 18.2 Å². The third-order valence-corrected chi connectivity index (χ3v) is 2.41. The van der Waals surface area contributed by atoms with E-state index < -0.39 is 0 Å². The number of carbonyl (C=O) groups is 1. The van der Waals surface area contributed by atoms with Crippen molar-refractivity contribution in [3.63, 3.8) is 0 Å². The van der Waals surface area contributed by atoms with E-state index in [2.05, 4.69) is 10.6 Å². The molecular weight excluding hydrogens is 235 g/mol. The van der Waals surface area contributed by atoms with Gasteiger partial charge in [-0.3, -0.25) is 0 Å². The number of rotatable bonds is 5. The maximum atomic E-state index is 12.6. The van der Waals surface area contributed by atoms with Crippen molar-refractivity contribution >= 4 is 12.1 Å². The van der Waals surface area contributed by atoms with Gasteiger partial charge in [-0.2, -0.15) is 0 Å². The van der Waals surface area contributed by atoms with Crippen molar-refractivity contribution in [3.05, 3.63) is 41.8 Å². The number of aliphatic hydroxyl groups excluding tert-OH is 1. The Morgan fingerprint density at radius 2 is 2.11 bits per heavy atom. The van der Waals surface area contributed by atoms with Crippen LogP contribution in [0.2, 0.25) is 0 Å². The van der Waals surface area contributed by atoms with Gasteiger partial charge in [-0.15, -0.1) is 0 Å². The first-order chi connectivity index (χ1) is 8.65. The second-order valence-corrected chi connectivity index (χ2v) is 3.79. The molecule has 0 fully saturated rings. The largest absolute Gasteiger partial charge is 0.394 e. The molecule has 1 unspecified atom stereocenters. The van der Waals surface area contributed by atoms with Crippen LogP contribution < -0.4 is 10.6 Å². The second-order valence-electron chi connectivity index (χ2n) is 3.79. The maximum absolute atomic E-state index is 12.6. The average molecular weight is 252 g/mol. The van der Waals surface area contributed by atoms with Gasteiger partial charge in [0.25, 0.3) is 0 Å². The predicted molar refractivity (Wildman–Crippen MR) is 68.3 cm³/mol. The highest BCUT2D eigenvalue weighted by molar-refractivity contribution is 5.76. The summed E-state index contributed by atoms with van der Waals surface area (Å²) < 4.78 is 12.6. The minimum Gasteiger partial charge on any atom is -0.394 e. The average Bonchev–Trinajstić information content (AvgIpc) is 2.38. The first-order valence-corrected chi connectivity index (χ1v) is 5.75.